The summed E-state index contributed by atoms with van der Waals surface area (Å²) in [5, 5.41) is 18.8. The number of hydrogen-bond acceptors (Lipinski definition) is 3. The van der Waals surface area contributed by atoms with Gasteiger partial charge in [-0.15, -0.1) is 0 Å². The first-order valence-electron chi connectivity index (χ1n) is 7.49. The number of unbranched alkanes of at least 4 members (excludes halogenated alkanes) is 2. The first-order chi connectivity index (χ1) is 10.6. The Morgan fingerprint density at radius 1 is 1.27 bits per heavy atom. The van der Waals surface area contributed by atoms with Gasteiger partial charge < -0.3 is 15.0 Å². The topological polar surface area (TPSA) is 69.2 Å². The molecular formula is C17H24N2O3. The van der Waals surface area contributed by atoms with E-state index < -0.39 is 5.97 Å². The summed E-state index contributed by atoms with van der Waals surface area (Å²) < 4.78 is 4.31. The van der Waals surface area contributed by atoms with E-state index in [4.69, 9.17) is 5.11 Å². The fourth-order valence-corrected chi connectivity index (χ4v) is 1.92. The van der Waals surface area contributed by atoms with Crippen LogP contribution < -0.4 is 9.67 Å². The first-order valence-corrected chi connectivity index (χ1v) is 7.49. The van der Waals surface area contributed by atoms with Crippen molar-refractivity contribution in [2.45, 2.75) is 39.3 Å². The van der Waals surface area contributed by atoms with Crippen LogP contribution in [-0.4, -0.2) is 15.6 Å². The normalized spacial score (nSPS) is 9.95. The molecule has 5 heteroatoms. The Hall–Kier alpha value is -2.14. The number of rotatable bonds is 6. The minimum atomic E-state index is -1.20. The Morgan fingerprint density at radius 3 is 2.41 bits per heavy atom. The zero-order valence-corrected chi connectivity index (χ0v) is 13.2. The van der Waals surface area contributed by atoms with Crippen molar-refractivity contribution in [3.8, 4) is 0 Å². The van der Waals surface area contributed by atoms with E-state index in [-0.39, 0.29) is 12.2 Å². The van der Waals surface area contributed by atoms with Crippen LogP contribution in [0.5, 0.6) is 0 Å². The minimum absolute atomic E-state index is 0.0761. The van der Waals surface area contributed by atoms with Gasteiger partial charge in [-0.05, 0) is 24.0 Å². The van der Waals surface area contributed by atoms with Gasteiger partial charge in [0.2, 0.25) is 6.33 Å². The lowest BCUT2D eigenvalue weighted by atomic mass is 10.1. The highest BCUT2D eigenvalue weighted by atomic mass is 16.4. The number of aryl methyl sites for hydroxylation is 2. The van der Waals surface area contributed by atoms with Crippen LogP contribution in [0.25, 0.3) is 0 Å². The Balaban J connectivity index is 0.000000220. The van der Waals surface area contributed by atoms with E-state index in [1.165, 1.54) is 31.4 Å². The molecule has 120 valence electrons. The summed E-state index contributed by atoms with van der Waals surface area (Å²) in [7, 11) is 2.05. The van der Waals surface area contributed by atoms with Crippen molar-refractivity contribution < 1.29 is 19.6 Å². The number of carbonyl (C=O) groups excluding carboxylic acids is 1. The minimum Gasteiger partial charge on any atom is -0.545 e. The van der Waals surface area contributed by atoms with Gasteiger partial charge in [-0.25, -0.2) is 9.13 Å². The molecule has 0 fully saturated rings. The van der Waals surface area contributed by atoms with Crippen LogP contribution in [0.2, 0.25) is 0 Å². The molecule has 0 aliphatic heterocycles. The third-order valence-electron chi connectivity index (χ3n) is 3.22. The van der Waals surface area contributed by atoms with Gasteiger partial charge in [0.05, 0.1) is 26.2 Å². The molecule has 2 rings (SSSR count). The number of hydrogen-bond donors (Lipinski definition) is 1. The molecule has 0 spiro atoms. The van der Waals surface area contributed by atoms with Crippen molar-refractivity contribution in [3.05, 3.63) is 54.1 Å². The molecule has 0 saturated heterocycles. The maximum absolute atomic E-state index is 10.2. The summed E-state index contributed by atoms with van der Waals surface area (Å²) in [6, 6.07) is 5.90. The molecule has 0 aliphatic rings. The standard InChI is InChI=1S/C9H17N2.C8H8O3/c1-3-4-5-6-11-8-7-10(2)9-11;9-5-6-1-3-7(4-2-6)8(10)11/h7-9H,3-6H2,1-2H3;1-4,9H,5H2,(H,10,11)/q+1;/p-1. The summed E-state index contributed by atoms with van der Waals surface area (Å²) in [5.74, 6) is -1.20. The molecule has 22 heavy (non-hydrogen) atoms. The van der Waals surface area contributed by atoms with Gasteiger partial charge in [0.25, 0.3) is 0 Å². The van der Waals surface area contributed by atoms with E-state index in [0.29, 0.717) is 5.56 Å². The van der Waals surface area contributed by atoms with Crippen LogP contribution in [-0.2, 0) is 20.2 Å². The second kappa shape index (κ2) is 9.73. The van der Waals surface area contributed by atoms with Crippen molar-refractivity contribution in [2.75, 3.05) is 0 Å². The van der Waals surface area contributed by atoms with Crippen LogP contribution in [0.1, 0.15) is 42.1 Å². The Labute approximate surface area is 131 Å². The monoisotopic (exact) mass is 304 g/mol. The van der Waals surface area contributed by atoms with Gasteiger partial charge in [0.1, 0.15) is 12.4 Å². The number of imidazole rings is 1. The van der Waals surface area contributed by atoms with Gasteiger partial charge in [-0.1, -0.05) is 37.6 Å². The zero-order valence-electron chi connectivity index (χ0n) is 13.2. The van der Waals surface area contributed by atoms with Gasteiger partial charge in [-0.3, -0.25) is 0 Å². The summed E-state index contributed by atoms with van der Waals surface area (Å²) in [6.45, 7) is 3.32. The Kier molecular flexibility index (Phi) is 7.92. The Bertz CT molecular complexity index is 562. The second-order valence-electron chi connectivity index (χ2n) is 5.17. The number of aliphatic hydroxyl groups excluding tert-OH is 1. The summed E-state index contributed by atoms with van der Waals surface area (Å²) in [5.41, 5.74) is 0.817. The lowest BCUT2D eigenvalue weighted by molar-refractivity contribution is -0.696. The van der Waals surface area contributed by atoms with E-state index in [1.54, 1.807) is 12.1 Å². The highest BCUT2D eigenvalue weighted by Crippen LogP contribution is 2.02. The average molecular weight is 304 g/mol. The van der Waals surface area contributed by atoms with E-state index in [1.807, 2.05) is 0 Å². The largest absolute Gasteiger partial charge is 0.545 e. The molecule has 2 aromatic rings. The molecule has 1 N–H and O–H groups in total. The molecule has 1 aromatic heterocycles. The van der Waals surface area contributed by atoms with Gasteiger partial charge in [-0.2, -0.15) is 0 Å². The smallest absolute Gasteiger partial charge is 0.243 e. The molecule has 0 saturated carbocycles. The van der Waals surface area contributed by atoms with Crippen molar-refractivity contribution >= 4 is 5.97 Å². The summed E-state index contributed by atoms with van der Waals surface area (Å²) >= 11 is 0. The first kappa shape index (κ1) is 17.9. The van der Waals surface area contributed by atoms with E-state index >= 15 is 0 Å². The number of carboxylic acid groups (broad SMARTS) is 1. The van der Waals surface area contributed by atoms with E-state index in [2.05, 4.69) is 41.8 Å². The molecule has 0 unspecified atom stereocenters. The predicted molar refractivity (Wildman–Crippen MR) is 81.8 cm³/mol. The van der Waals surface area contributed by atoms with Crippen LogP contribution in [0, 0.1) is 0 Å². The lowest BCUT2D eigenvalue weighted by Crippen LogP contribution is -2.30. The molecule has 0 bridgehead atoms. The Morgan fingerprint density at radius 2 is 1.95 bits per heavy atom. The number of nitrogens with zero attached hydrogens (tertiary/aromatic N) is 2. The molecular weight excluding hydrogens is 280 g/mol. The fraction of sp³-hybridized carbons (Fsp3) is 0.412. The van der Waals surface area contributed by atoms with Crippen LogP contribution >= 0.6 is 0 Å². The molecule has 1 heterocycles. The number of carboxylic acids is 1. The summed E-state index contributed by atoms with van der Waals surface area (Å²) in [6.07, 6.45) is 10.2. The molecule has 5 nitrogen and oxygen atoms in total. The van der Waals surface area contributed by atoms with Crippen molar-refractivity contribution in [1.29, 1.82) is 0 Å². The van der Waals surface area contributed by atoms with Crippen LogP contribution in [0.4, 0.5) is 0 Å². The predicted octanol–water partition coefficient (Wildman–Crippen LogP) is 1.05. The quantitative estimate of drug-likeness (QED) is 0.640. The maximum Gasteiger partial charge on any atom is 0.243 e. The molecule has 0 radical (unpaired) electrons. The van der Waals surface area contributed by atoms with E-state index in [9.17, 15) is 9.90 Å². The number of aliphatic hydroxyl groups is 1. The number of carbonyl (C=O) groups is 1. The van der Waals surface area contributed by atoms with Crippen LogP contribution in [0.3, 0.4) is 0 Å². The van der Waals surface area contributed by atoms with Crippen molar-refractivity contribution in [2.24, 2.45) is 7.05 Å². The fourth-order valence-electron chi connectivity index (χ4n) is 1.92. The van der Waals surface area contributed by atoms with Gasteiger partial charge in [0, 0.05) is 0 Å². The summed E-state index contributed by atoms with van der Waals surface area (Å²) in [4.78, 5) is 10.2. The highest BCUT2D eigenvalue weighted by Gasteiger charge is 1.97. The maximum atomic E-state index is 10.2. The number of benzene rings is 1. The lowest BCUT2D eigenvalue weighted by Gasteiger charge is -2.01. The van der Waals surface area contributed by atoms with Gasteiger partial charge >= 0.3 is 0 Å². The van der Waals surface area contributed by atoms with Crippen molar-refractivity contribution in [3.63, 3.8) is 0 Å². The van der Waals surface area contributed by atoms with Gasteiger partial charge in [0.15, 0.2) is 0 Å². The molecule has 0 atom stereocenters. The number of aromatic carboxylic acids is 1. The zero-order chi connectivity index (χ0) is 16.4. The average Bonchev–Trinajstić information content (AvgIpc) is 2.94. The highest BCUT2D eigenvalue weighted by molar-refractivity contribution is 5.85. The molecule has 0 aliphatic carbocycles. The number of aromatic nitrogens is 2. The molecule has 1 aromatic carbocycles. The SMILES string of the molecule is CCCCC[n+]1ccn(C)c1.O=C([O-])c1ccc(CO)cc1. The third-order valence-corrected chi connectivity index (χ3v) is 3.22. The second-order valence-corrected chi connectivity index (χ2v) is 5.17. The molecule has 0 amide bonds. The van der Waals surface area contributed by atoms with E-state index in [0.717, 1.165) is 6.54 Å². The third kappa shape index (κ3) is 6.54. The van der Waals surface area contributed by atoms with Crippen molar-refractivity contribution in [1.82, 2.24) is 4.57 Å². The van der Waals surface area contributed by atoms with Crippen LogP contribution in [0.15, 0.2) is 43.0 Å².